The molecule has 1 amide bonds. The predicted molar refractivity (Wildman–Crippen MR) is 91.9 cm³/mol. The number of nitrogens with one attached hydrogen (secondary N) is 1. The summed E-state index contributed by atoms with van der Waals surface area (Å²) in [6, 6.07) is 13.9. The van der Waals surface area contributed by atoms with Crippen molar-refractivity contribution in [2.45, 2.75) is 0 Å². The van der Waals surface area contributed by atoms with Gasteiger partial charge in [-0.15, -0.1) is 5.10 Å². The number of ether oxygens (including phenoxy) is 2. The van der Waals surface area contributed by atoms with Gasteiger partial charge in [0, 0.05) is 5.02 Å². The Hall–Kier alpha value is -3.06. The quantitative estimate of drug-likeness (QED) is 0.725. The third kappa shape index (κ3) is 4.27. The van der Waals surface area contributed by atoms with Crippen molar-refractivity contribution < 1.29 is 18.7 Å². The fraction of sp³-hybridized carbons (Fsp3) is 0.118. The highest BCUT2D eigenvalue weighted by molar-refractivity contribution is 6.30. The summed E-state index contributed by atoms with van der Waals surface area (Å²) >= 11 is 5.78. The van der Waals surface area contributed by atoms with Crippen LogP contribution in [0.5, 0.6) is 11.5 Å². The van der Waals surface area contributed by atoms with Crippen LogP contribution in [-0.4, -0.2) is 29.8 Å². The lowest BCUT2D eigenvalue weighted by atomic mass is 10.2. The van der Waals surface area contributed by atoms with Crippen LogP contribution in [0.3, 0.4) is 0 Å². The highest BCUT2D eigenvalue weighted by Crippen LogP contribution is 2.29. The SMILES string of the molecule is COc1ccccc1-c1nnc(NC(=O)COc2ccc(Cl)cc2)o1. The van der Waals surface area contributed by atoms with Crippen molar-refractivity contribution in [2.75, 3.05) is 19.0 Å². The second-order valence-electron chi connectivity index (χ2n) is 4.90. The highest BCUT2D eigenvalue weighted by Gasteiger charge is 2.14. The summed E-state index contributed by atoms with van der Waals surface area (Å²) < 4.78 is 16.0. The van der Waals surface area contributed by atoms with E-state index in [2.05, 4.69) is 15.5 Å². The van der Waals surface area contributed by atoms with Gasteiger partial charge in [0.25, 0.3) is 11.8 Å². The fourth-order valence-electron chi connectivity index (χ4n) is 2.04. The van der Waals surface area contributed by atoms with Crippen molar-refractivity contribution in [1.29, 1.82) is 0 Å². The molecule has 1 aromatic heterocycles. The van der Waals surface area contributed by atoms with Gasteiger partial charge in [0.15, 0.2) is 6.61 Å². The molecule has 1 N–H and O–H groups in total. The number of nitrogens with zero attached hydrogens (tertiary/aromatic N) is 2. The van der Waals surface area contributed by atoms with Crippen LogP contribution in [0.25, 0.3) is 11.5 Å². The molecule has 0 unspecified atom stereocenters. The standard InChI is InChI=1S/C17H14ClN3O4/c1-23-14-5-3-2-4-13(14)16-20-21-17(25-16)19-15(22)10-24-12-8-6-11(18)7-9-12/h2-9H,10H2,1H3,(H,19,21,22). The van der Waals surface area contributed by atoms with E-state index in [-0.39, 0.29) is 18.5 Å². The molecule has 1 heterocycles. The number of aromatic nitrogens is 2. The molecule has 2 aromatic carbocycles. The number of halogens is 1. The minimum atomic E-state index is -0.426. The zero-order valence-electron chi connectivity index (χ0n) is 13.2. The Morgan fingerprint density at radius 2 is 1.92 bits per heavy atom. The molecule has 0 aliphatic heterocycles. The fourth-order valence-corrected chi connectivity index (χ4v) is 2.16. The lowest BCUT2D eigenvalue weighted by Crippen LogP contribution is -2.20. The average molecular weight is 360 g/mol. The summed E-state index contributed by atoms with van der Waals surface area (Å²) in [5, 5.41) is 10.8. The van der Waals surface area contributed by atoms with Gasteiger partial charge in [0.1, 0.15) is 11.5 Å². The van der Waals surface area contributed by atoms with Gasteiger partial charge in [-0.2, -0.15) is 0 Å². The van der Waals surface area contributed by atoms with Gasteiger partial charge < -0.3 is 13.9 Å². The first-order chi connectivity index (χ1) is 12.2. The lowest BCUT2D eigenvalue weighted by molar-refractivity contribution is -0.118. The molecular formula is C17H14ClN3O4. The maximum Gasteiger partial charge on any atom is 0.322 e. The van der Waals surface area contributed by atoms with Gasteiger partial charge in [-0.3, -0.25) is 10.1 Å². The smallest absolute Gasteiger partial charge is 0.322 e. The lowest BCUT2D eigenvalue weighted by Gasteiger charge is -2.05. The molecule has 0 aliphatic carbocycles. The molecule has 0 fully saturated rings. The summed E-state index contributed by atoms with van der Waals surface area (Å²) in [5.41, 5.74) is 0.635. The van der Waals surface area contributed by atoms with Crippen LogP contribution in [0.4, 0.5) is 6.01 Å². The zero-order valence-corrected chi connectivity index (χ0v) is 14.0. The van der Waals surface area contributed by atoms with Crippen LogP contribution >= 0.6 is 11.6 Å². The first-order valence-electron chi connectivity index (χ1n) is 7.31. The molecule has 0 radical (unpaired) electrons. The Balaban J connectivity index is 1.61. The molecule has 128 valence electrons. The molecule has 3 rings (SSSR count). The minimum Gasteiger partial charge on any atom is -0.496 e. The number of anilines is 1. The number of carbonyl (C=O) groups excluding carboxylic acids is 1. The Bertz CT molecular complexity index is 864. The molecular weight excluding hydrogens is 346 g/mol. The Morgan fingerprint density at radius 1 is 1.16 bits per heavy atom. The number of benzene rings is 2. The van der Waals surface area contributed by atoms with Crippen molar-refractivity contribution in [2.24, 2.45) is 0 Å². The molecule has 25 heavy (non-hydrogen) atoms. The molecule has 0 saturated carbocycles. The number of hydrogen-bond acceptors (Lipinski definition) is 6. The summed E-state index contributed by atoms with van der Waals surface area (Å²) in [6.45, 7) is -0.200. The van der Waals surface area contributed by atoms with E-state index in [4.69, 9.17) is 25.5 Å². The number of amides is 1. The minimum absolute atomic E-state index is 0.0226. The first-order valence-corrected chi connectivity index (χ1v) is 7.68. The third-order valence-corrected chi connectivity index (χ3v) is 3.44. The van der Waals surface area contributed by atoms with Crippen LogP contribution in [0.2, 0.25) is 5.02 Å². The molecule has 0 atom stereocenters. The van der Waals surface area contributed by atoms with Crippen molar-refractivity contribution >= 4 is 23.5 Å². The second-order valence-corrected chi connectivity index (χ2v) is 5.34. The average Bonchev–Trinajstić information content (AvgIpc) is 3.09. The van der Waals surface area contributed by atoms with Crippen LogP contribution in [0.1, 0.15) is 0 Å². The molecule has 3 aromatic rings. The molecule has 0 aliphatic rings. The Kier molecular flexibility index (Phi) is 5.15. The molecule has 7 nitrogen and oxygen atoms in total. The third-order valence-electron chi connectivity index (χ3n) is 3.19. The number of rotatable bonds is 6. The first kappa shape index (κ1) is 16.8. The van der Waals surface area contributed by atoms with E-state index >= 15 is 0 Å². The van der Waals surface area contributed by atoms with Crippen LogP contribution in [-0.2, 0) is 4.79 Å². The van der Waals surface area contributed by atoms with Gasteiger partial charge in [-0.05, 0) is 36.4 Å². The van der Waals surface area contributed by atoms with Crippen LogP contribution < -0.4 is 14.8 Å². The van der Waals surface area contributed by atoms with Gasteiger partial charge in [-0.25, -0.2) is 0 Å². The van der Waals surface area contributed by atoms with Crippen molar-refractivity contribution in [3.63, 3.8) is 0 Å². The van der Waals surface area contributed by atoms with Crippen LogP contribution in [0, 0.1) is 0 Å². The number of methoxy groups -OCH3 is 1. The van der Waals surface area contributed by atoms with Crippen LogP contribution in [0.15, 0.2) is 52.9 Å². The summed E-state index contributed by atoms with van der Waals surface area (Å²) in [4.78, 5) is 11.9. The largest absolute Gasteiger partial charge is 0.496 e. The monoisotopic (exact) mass is 359 g/mol. The zero-order chi connectivity index (χ0) is 17.6. The predicted octanol–water partition coefficient (Wildman–Crippen LogP) is 3.42. The van der Waals surface area contributed by atoms with Gasteiger partial charge in [0.05, 0.1) is 12.7 Å². The maximum atomic E-state index is 11.9. The van der Waals surface area contributed by atoms with Gasteiger partial charge in [0.2, 0.25) is 0 Å². The van der Waals surface area contributed by atoms with E-state index in [1.165, 1.54) is 0 Å². The van der Waals surface area contributed by atoms with E-state index in [0.717, 1.165) is 0 Å². The number of carbonyl (C=O) groups is 1. The topological polar surface area (TPSA) is 86.5 Å². The van der Waals surface area contributed by atoms with E-state index in [1.807, 2.05) is 12.1 Å². The van der Waals surface area contributed by atoms with Crippen molar-refractivity contribution in [1.82, 2.24) is 10.2 Å². The molecule has 8 heteroatoms. The van der Waals surface area contributed by atoms with E-state index in [0.29, 0.717) is 22.1 Å². The summed E-state index contributed by atoms with van der Waals surface area (Å²) in [6.07, 6.45) is 0. The summed E-state index contributed by atoms with van der Waals surface area (Å²) in [5.74, 6) is 0.937. The van der Waals surface area contributed by atoms with Crippen molar-refractivity contribution in [3.8, 4) is 23.0 Å². The Morgan fingerprint density at radius 3 is 2.68 bits per heavy atom. The summed E-state index contributed by atoms with van der Waals surface area (Å²) in [7, 11) is 1.55. The van der Waals surface area contributed by atoms with Gasteiger partial charge in [-0.1, -0.05) is 28.8 Å². The molecule has 0 spiro atoms. The second kappa shape index (κ2) is 7.67. The van der Waals surface area contributed by atoms with E-state index in [1.54, 1.807) is 43.5 Å². The highest BCUT2D eigenvalue weighted by atomic mass is 35.5. The van der Waals surface area contributed by atoms with E-state index < -0.39 is 5.91 Å². The van der Waals surface area contributed by atoms with Crippen molar-refractivity contribution in [3.05, 3.63) is 53.6 Å². The Labute approximate surface area is 148 Å². The maximum absolute atomic E-state index is 11.9. The molecule has 0 saturated heterocycles. The van der Waals surface area contributed by atoms with Gasteiger partial charge >= 0.3 is 6.01 Å². The number of hydrogen-bond donors (Lipinski definition) is 1. The van der Waals surface area contributed by atoms with E-state index in [9.17, 15) is 4.79 Å². The molecule has 0 bridgehead atoms. The number of para-hydroxylation sites is 1. The normalized spacial score (nSPS) is 10.3.